The molecule has 2 N–H and O–H groups in total. The molecule has 2 aromatic carbocycles. The summed E-state index contributed by atoms with van der Waals surface area (Å²) in [5.74, 6) is 0.684. The van der Waals surface area contributed by atoms with Crippen molar-refractivity contribution < 1.29 is 0 Å². The lowest BCUT2D eigenvalue weighted by atomic mass is 10.1. The van der Waals surface area contributed by atoms with Gasteiger partial charge >= 0.3 is 0 Å². The fourth-order valence-corrected chi connectivity index (χ4v) is 3.13. The molecule has 24 heavy (non-hydrogen) atoms. The van der Waals surface area contributed by atoms with E-state index in [0.29, 0.717) is 5.92 Å². The number of para-hydroxylation sites is 1. The van der Waals surface area contributed by atoms with Crippen LogP contribution in [0, 0.1) is 5.92 Å². The zero-order chi connectivity index (χ0) is 15.4. The number of halogens is 2. The normalized spacial score (nSPS) is 17.0. The van der Waals surface area contributed by atoms with Crippen LogP contribution in [0.2, 0.25) is 0 Å². The Labute approximate surface area is 157 Å². The fraction of sp³-hybridized carbons (Fsp3) is 0.368. The first-order valence-corrected chi connectivity index (χ1v) is 8.06. The molecule has 3 rings (SSSR count). The van der Waals surface area contributed by atoms with Gasteiger partial charge in [0.05, 0.1) is 0 Å². The maximum Gasteiger partial charge on any atom is 0.0408 e. The lowest BCUT2D eigenvalue weighted by Gasteiger charge is -2.20. The molecular formula is C19H27Cl2N3. The second-order valence-electron chi connectivity index (χ2n) is 6.19. The summed E-state index contributed by atoms with van der Waals surface area (Å²) in [4.78, 5) is 4.72. The second-order valence-corrected chi connectivity index (χ2v) is 6.19. The molecule has 1 unspecified atom stereocenters. The van der Waals surface area contributed by atoms with Crippen molar-refractivity contribution in [2.45, 2.75) is 13.0 Å². The highest BCUT2D eigenvalue weighted by atomic mass is 35.5. The number of nitrogens with zero attached hydrogens (tertiary/aromatic N) is 2. The Kier molecular flexibility index (Phi) is 8.57. The summed E-state index contributed by atoms with van der Waals surface area (Å²) in [6.45, 7) is 4.17. The monoisotopic (exact) mass is 367 g/mol. The summed E-state index contributed by atoms with van der Waals surface area (Å²) in [5.41, 5.74) is 9.57. The van der Waals surface area contributed by atoms with Crippen molar-refractivity contribution in [3.05, 3.63) is 60.2 Å². The van der Waals surface area contributed by atoms with Crippen molar-refractivity contribution in [2.24, 2.45) is 11.7 Å². The molecule has 1 atom stereocenters. The van der Waals surface area contributed by atoms with E-state index in [1.807, 2.05) is 6.07 Å². The first kappa shape index (κ1) is 20.8. The topological polar surface area (TPSA) is 32.5 Å². The quantitative estimate of drug-likeness (QED) is 0.863. The van der Waals surface area contributed by atoms with E-state index >= 15 is 0 Å². The number of benzene rings is 2. The number of rotatable bonds is 5. The van der Waals surface area contributed by atoms with Gasteiger partial charge in [-0.3, -0.25) is 4.90 Å². The third-order valence-corrected chi connectivity index (χ3v) is 4.58. The number of nitrogens with two attached hydrogens (primary N) is 1. The van der Waals surface area contributed by atoms with Crippen LogP contribution in [0.1, 0.15) is 12.0 Å². The van der Waals surface area contributed by atoms with Crippen LogP contribution in [-0.2, 0) is 6.54 Å². The predicted molar refractivity (Wildman–Crippen MR) is 108 cm³/mol. The highest BCUT2D eigenvalue weighted by Gasteiger charge is 2.20. The minimum Gasteiger partial charge on any atom is -0.345 e. The number of hydrogen-bond donors (Lipinski definition) is 1. The summed E-state index contributed by atoms with van der Waals surface area (Å²) < 4.78 is 0. The van der Waals surface area contributed by atoms with Gasteiger partial charge in [-0.1, -0.05) is 30.3 Å². The highest BCUT2D eigenvalue weighted by molar-refractivity contribution is 5.85. The van der Waals surface area contributed by atoms with E-state index in [-0.39, 0.29) is 24.8 Å². The Morgan fingerprint density at radius 2 is 1.62 bits per heavy atom. The molecule has 0 spiro atoms. The van der Waals surface area contributed by atoms with E-state index in [0.717, 1.165) is 19.6 Å². The van der Waals surface area contributed by atoms with Crippen LogP contribution in [0.3, 0.4) is 0 Å². The molecule has 1 aliphatic heterocycles. The summed E-state index contributed by atoms with van der Waals surface area (Å²) in [5, 5.41) is 0. The molecule has 0 radical (unpaired) electrons. The molecule has 132 valence electrons. The molecular weight excluding hydrogens is 341 g/mol. The average molecular weight is 368 g/mol. The van der Waals surface area contributed by atoms with Crippen LogP contribution >= 0.6 is 24.8 Å². The Hall–Kier alpha value is -1.26. The van der Waals surface area contributed by atoms with Gasteiger partial charge in [-0.05, 0) is 55.3 Å². The van der Waals surface area contributed by atoms with Crippen LogP contribution in [0.15, 0.2) is 54.6 Å². The average Bonchev–Trinajstić information content (AvgIpc) is 3.03. The van der Waals surface area contributed by atoms with Gasteiger partial charge in [0, 0.05) is 31.5 Å². The van der Waals surface area contributed by atoms with Crippen LogP contribution in [0.5, 0.6) is 0 Å². The minimum absolute atomic E-state index is 0. The largest absolute Gasteiger partial charge is 0.345 e. The SMILES string of the molecule is CN(c1ccccc1)c1ccc(CN2CCC(CN)C2)cc1.Cl.Cl. The molecule has 3 nitrogen and oxygen atoms in total. The molecule has 1 aliphatic rings. The van der Waals surface area contributed by atoms with Crippen molar-refractivity contribution in [3.8, 4) is 0 Å². The molecule has 1 saturated heterocycles. The van der Waals surface area contributed by atoms with Crippen LogP contribution < -0.4 is 10.6 Å². The van der Waals surface area contributed by atoms with Crippen LogP contribution in [-0.4, -0.2) is 31.6 Å². The smallest absolute Gasteiger partial charge is 0.0408 e. The summed E-state index contributed by atoms with van der Waals surface area (Å²) in [6, 6.07) is 19.3. The maximum atomic E-state index is 5.77. The zero-order valence-corrected chi connectivity index (χ0v) is 15.7. The third kappa shape index (κ3) is 5.12. The summed E-state index contributed by atoms with van der Waals surface area (Å²) >= 11 is 0. The van der Waals surface area contributed by atoms with Crippen molar-refractivity contribution in [1.29, 1.82) is 0 Å². The zero-order valence-electron chi connectivity index (χ0n) is 14.1. The molecule has 1 fully saturated rings. The standard InChI is InChI=1S/C19H25N3.2ClH/c1-21(18-5-3-2-4-6-18)19-9-7-16(8-10-19)14-22-12-11-17(13-20)15-22;;/h2-10,17H,11-15,20H2,1H3;2*1H. The molecule has 2 aromatic rings. The van der Waals surface area contributed by atoms with E-state index in [4.69, 9.17) is 5.73 Å². The van der Waals surface area contributed by atoms with Crippen LogP contribution in [0.4, 0.5) is 11.4 Å². The van der Waals surface area contributed by atoms with Gasteiger partial charge in [0.2, 0.25) is 0 Å². The molecule has 0 bridgehead atoms. The van der Waals surface area contributed by atoms with Crippen molar-refractivity contribution in [2.75, 3.05) is 31.6 Å². The molecule has 0 aromatic heterocycles. The van der Waals surface area contributed by atoms with E-state index in [1.165, 1.54) is 29.9 Å². The lowest BCUT2D eigenvalue weighted by molar-refractivity contribution is 0.318. The predicted octanol–water partition coefficient (Wildman–Crippen LogP) is 4.08. The lowest BCUT2D eigenvalue weighted by Crippen LogP contribution is -2.22. The van der Waals surface area contributed by atoms with Crippen LogP contribution in [0.25, 0.3) is 0 Å². The first-order chi connectivity index (χ1) is 10.8. The van der Waals surface area contributed by atoms with Gasteiger partial charge in [0.1, 0.15) is 0 Å². The van der Waals surface area contributed by atoms with Gasteiger partial charge in [-0.15, -0.1) is 24.8 Å². The molecule has 0 aliphatic carbocycles. The summed E-state index contributed by atoms with van der Waals surface area (Å²) in [6.07, 6.45) is 1.24. The number of hydrogen-bond acceptors (Lipinski definition) is 3. The molecule has 0 saturated carbocycles. The van der Waals surface area contributed by atoms with Gasteiger partial charge in [0.15, 0.2) is 0 Å². The molecule has 0 amide bonds. The molecule has 5 heteroatoms. The van der Waals surface area contributed by atoms with E-state index in [2.05, 4.69) is 65.4 Å². The number of likely N-dealkylation sites (tertiary alicyclic amines) is 1. The minimum atomic E-state index is 0. The Morgan fingerprint density at radius 3 is 2.21 bits per heavy atom. The van der Waals surface area contributed by atoms with Gasteiger partial charge in [-0.25, -0.2) is 0 Å². The van der Waals surface area contributed by atoms with Gasteiger partial charge < -0.3 is 10.6 Å². The van der Waals surface area contributed by atoms with Crippen molar-refractivity contribution in [1.82, 2.24) is 4.90 Å². The summed E-state index contributed by atoms with van der Waals surface area (Å²) in [7, 11) is 2.11. The molecule has 1 heterocycles. The fourth-order valence-electron chi connectivity index (χ4n) is 3.13. The Balaban J connectivity index is 0.00000144. The van der Waals surface area contributed by atoms with E-state index < -0.39 is 0 Å². The Bertz CT molecular complexity index is 589. The van der Waals surface area contributed by atoms with E-state index in [1.54, 1.807) is 0 Å². The third-order valence-electron chi connectivity index (χ3n) is 4.58. The first-order valence-electron chi connectivity index (χ1n) is 8.06. The maximum absolute atomic E-state index is 5.77. The van der Waals surface area contributed by atoms with Gasteiger partial charge in [0.25, 0.3) is 0 Å². The van der Waals surface area contributed by atoms with Gasteiger partial charge in [-0.2, -0.15) is 0 Å². The second kappa shape index (κ2) is 9.90. The highest BCUT2D eigenvalue weighted by Crippen LogP contribution is 2.24. The van der Waals surface area contributed by atoms with E-state index in [9.17, 15) is 0 Å². The number of anilines is 2. The van der Waals surface area contributed by atoms with Crippen molar-refractivity contribution in [3.63, 3.8) is 0 Å². The Morgan fingerprint density at radius 1 is 1.00 bits per heavy atom. The van der Waals surface area contributed by atoms with Crippen molar-refractivity contribution >= 4 is 36.2 Å².